The first kappa shape index (κ1) is 17.2. The highest BCUT2D eigenvalue weighted by Gasteiger charge is 2.05. The molecule has 0 aliphatic rings. The highest BCUT2D eigenvalue weighted by atomic mass is 16.5. The Balaban J connectivity index is 1.89. The Morgan fingerprint density at radius 2 is 1.61 bits per heavy atom. The van der Waals surface area contributed by atoms with Crippen LogP contribution in [-0.2, 0) is 12.8 Å². The lowest BCUT2D eigenvalue weighted by molar-refractivity contribution is 0.201. The fourth-order valence-corrected chi connectivity index (χ4v) is 2.49. The molecule has 0 fully saturated rings. The van der Waals surface area contributed by atoms with Crippen molar-refractivity contribution in [3.8, 4) is 17.2 Å². The zero-order valence-electron chi connectivity index (χ0n) is 13.7. The molecule has 2 rings (SSSR count). The molecule has 0 aliphatic carbocycles. The molecule has 0 aliphatic heterocycles. The van der Waals surface area contributed by atoms with Crippen LogP contribution in [0, 0.1) is 0 Å². The fraction of sp³-hybridized carbons (Fsp3) is 0.368. The summed E-state index contributed by atoms with van der Waals surface area (Å²) in [5, 5.41) is 8.80. The summed E-state index contributed by atoms with van der Waals surface area (Å²) in [6.45, 7) is 0.360. The Morgan fingerprint density at radius 3 is 2.30 bits per heavy atom. The van der Waals surface area contributed by atoms with E-state index in [2.05, 4.69) is 12.1 Å². The van der Waals surface area contributed by atoms with Crippen molar-refractivity contribution in [1.82, 2.24) is 0 Å². The molecule has 1 N–H and O–H groups in total. The molecule has 124 valence electrons. The van der Waals surface area contributed by atoms with Gasteiger partial charge in [-0.05, 0) is 54.7 Å². The van der Waals surface area contributed by atoms with E-state index < -0.39 is 0 Å². The van der Waals surface area contributed by atoms with Gasteiger partial charge in [0.1, 0.15) is 12.4 Å². The third kappa shape index (κ3) is 5.18. The molecule has 2 aromatic rings. The first-order chi connectivity index (χ1) is 11.3. The maximum absolute atomic E-state index is 8.80. The molecular formula is C19H24O4. The van der Waals surface area contributed by atoms with Crippen molar-refractivity contribution in [2.45, 2.75) is 19.3 Å². The van der Waals surface area contributed by atoms with Gasteiger partial charge in [-0.3, -0.25) is 0 Å². The Bertz CT molecular complexity index is 610. The Labute approximate surface area is 137 Å². The predicted octanol–water partition coefficient (Wildman–Crippen LogP) is 3.25. The van der Waals surface area contributed by atoms with E-state index in [1.807, 2.05) is 30.3 Å². The second-order valence-corrected chi connectivity index (χ2v) is 5.26. The van der Waals surface area contributed by atoms with E-state index in [0.717, 1.165) is 36.5 Å². The lowest BCUT2D eigenvalue weighted by Crippen LogP contribution is -2.01. The first-order valence-electron chi connectivity index (χ1n) is 7.80. The van der Waals surface area contributed by atoms with Crippen molar-refractivity contribution in [3.63, 3.8) is 0 Å². The van der Waals surface area contributed by atoms with E-state index in [4.69, 9.17) is 19.3 Å². The summed E-state index contributed by atoms with van der Waals surface area (Å²) in [4.78, 5) is 0. The zero-order valence-corrected chi connectivity index (χ0v) is 13.7. The Hall–Kier alpha value is -2.20. The number of aliphatic hydroxyl groups excluding tert-OH is 1. The molecule has 0 atom stereocenters. The summed E-state index contributed by atoms with van der Waals surface area (Å²) in [7, 11) is 3.29. The highest BCUT2D eigenvalue weighted by molar-refractivity contribution is 5.43. The van der Waals surface area contributed by atoms with Crippen LogP contribution in [0.2, 0.25) is 0 Å². The molecule has 4 nitrogen and oxygen atoms in total. The van der Waals surface area contributed by atoms with Gasteiger partial charge in [-0.25, -0.2) is 0 Å². The number of methoxy groups -OCH3 is 2. The molecule has 0 unspecified atom stereocenters. The number of rotatable bonds is 9. The summed E-state index contributed by atoms with van der Waals surface area (Å²) in [6.07, 6.45) is 2.99. The van der Waals surface area contributed by atoms with Gasteiger partial charge in [0, 0.05) is 0 Å². The van der Waals surface area contributed by atoms with Crippen LogP contribution < -0.4 is 14.2 Å². The SMILES string of the molecule is COc1ccc(CCCc2cccc(OCCO)c2)cc1OC. The summed E-state index contributed by atoms with van der Waals surface area (Å²) in [6, 6.07) is 14.1. The van der Waals surface area contributed by atoms with E-state index >= 15 is 0 Å². The van der Waals surface area contributed by atoms with Crippen LogP contribution in [0.15, 0.2) is 42.5 Å². The van der Waals surface area contributed by atoms with Gasteiger partial charge in [-0.15, -0.1) is 0 Å². The Kier molecular flexibility index (Phi) is 6.76. The minimum Gasteiger partial charge on any atom is -0.493 e. The largest absolute Gasteiger partial charge is 0.493 e. The Morgan fingerprint density at radius 1 is 0.870 bits per heavy atom. The maximum Gasteiger partial charge on any atom is 0.160 e. The number of aliphatic hydroxyl groups is 1. The van der Waals surface area contributed by atoms with E-state index in [9.17, 15) is 0 Å². The quantitative estimate of drug-likeness (QED) is 0.771. The van der Waals surface area contributed by atoms with Crippen molar-refractivity contribution in [1.29, 1.82) is 0 Å². The van der Waals surface area contributed by atoms with Gasteiger partial charge in [0.05, 0.1) is 20.8 Å². The summed E-state index contributed by atoms with van der Waals surface area (Å²) >= 11 is 0. The molecule has 0 saturated carbocycles. The van der Waals surface area contributed by atoms with Crippen LogP contribution in [0.25, 0.3) is 0 Å². The van der Waals surface area contributed by atoms with Crippen LogP contribution in [0.3, 0.4) is 0 Å². The standard InChI is InChI=1S/C19H24O4/c1-21-18-10-9-16(14-19(18)22-2)6-3-5-15-7-4-8-17(13-15)23-12-11-20/h4,7-10,13-14,20H,3,5-6,11-12H2,1-2H3. The van der Waals surface area contributed by atoms with E-state index in [0.29, 0.717) is 6.61 Å². The third-order valence-corrected chi connectivity index (χ3v) is 3.64. The molecule has 0 saturated heterocycles. The van der Waals surface area contributed by atoms with Crippen LogP contribution in [0.5, 0.6) is 17.2 Å². The summed E-state index contributed by atoms with van der Waals surface area (Å²) in [5.74, 6) is 2.33. The first-order valence-corrected chi connectivity index (χ1v) is 7.80. The lowest BCUT2D eigenvalue weighted by atomic mass is 10.0. The van der Waals surface area contributed by atoms with Gasteiger partial charge in [-0.1, -0.05) is 18.2 Å². The van der Waals surface area contributed by atoms with E-state index in [-0.39, 0.29) is 6.61 Å². The average molecular weight is 316 g/mol. The van der Waals surface area contributed by atoms with Gasteiger partial charge in [0.25, 0.3) is 0 Å². The lowest BCUT2D eigenvalue weighted by Gasteiger charge is -2.10. The molecule has 0 aromatic heterocycles. The van der Waals surface area contributed by atoms with Gasteiger partial charge in [0.15, 0.2) is 11.5 Å². The van der Waals surface area contributed by atoms with Crippen LogP contribution in [-0.4, -0.2) is 32.5 Å². The number of benzene rings is 2. The van der Waals surface area contributed by atoms with Crippen molar-refractivity contribution >= 4 is 0 Å². The number of hydrogen-bond acceptors (Lipinski definition) is 4. The molecule has 0 spiro atoms. The monoisotopic (exact) mass is 316 g/mol. The van der Waals surface area contributed by atoms with Gasteiger partial charge < -0.3 is 19.3 Å². The molecule has 2 aromatic carbocycles. The highest BCUT2D eigenvalue weighted by Crippen LogP contribution is 2.28. The van der Waals surface area contributed by atoms with E-state index in [1.165, 1.54) is 11.1 Å². The molecular weight excluding hydrogens is 292 g/mol. The van der Waals surface area contributed by atoms with Crippen LogP contribution in [0.1, 0.15) is 17.5 Å². The fourth-order valence-electron chi connectivity index (χ4n) is 2.49. The second kappa shape index (κ2) is 9.06. The molecule has 0 radical (unpaired) electrons. The van der Waals surface area contributed by atoms with Crippen molar-refractivity contribution < 1.29 is 19.3 Å². The second-order valence-electron chi connectivity index (χ2n) is 5.26. The molecule has 0 amide bonds. The van der Waals surface area contributed by atoms with Crippen molar-refractivity contribution in [2.75, 3.05) is 27.4 Å². The van der Waals surface area contributed by atoms with Gasteiger partial charge in [-0.2, -0.15) is 0 Å². The van der Waals surface area contributed by atoms with Crippen LogP contribution >= 0.6 is 0 Å². The topological polar surface area (TPSA) is 47.9 Å². The van der Waals surface area contributed by atoms with Gasteiger partial charge in [0.2, 0.25) is 0 Å². The summed E-state index contributed by atoms with van der Waals surface area (Å²) < 4.78 is 16.0. The molecule has 4 heteroatoms. The van der Waals surface area contributed by atoms with Gasteiger partial charge >= 0.3 is 0 Å². The minimum atomic E-state index is 0.0313. The number of ether oxygens (including phenoxy) is 3. The summed E-state index contributed by atoms with van der Waals surface area (Å²) in [5.41, 5.74) is 2.47. The molecule has 0 bridgehead atoms. The average Bonchev–Trinajstić information content (AvgIpc) is 2.60. The normalized spacial score (nSPS) is 10.4. The van der Waals surface area contributed by atoms with Crippen LogP contribution in [0.4, 0.5) is 0 Å². The number of hydrogen-bond donors (Lipinski definition) is 1. The third-order valence-electron chi connectivity index (χ3n) is 3.64. The minimum absolute atomic E-state index is 0.0313. The predicted molar refractivity (Wildman–Crippen MR) is 90.6 cm³/mol. The van der Waals surface area contributed by atoms with E-state index in [1.54, 1.807) is 14.2 Å². The van der Waals surface area contributed by atoms with Crippen molar-refractivity contribution in [3.05, 3.63) is 53.6 Å². The maximum atomic E-state index is 8.80. The van der Waals surface area contributed by atoms with Crippen molar-refractivity contribution in [2.24, 2.45) is 0 Å². The zero-order chi connectivity index (χ0) is 16.5. The molecule has 23 heavy (non-hydrogen) atoms. The molecule has 0 heterocycles. The smallest absolute Gasteiger partial charge is 0.160 e. The number of aryl methyl sites for hydroxylation is 2.